The van der Waals surface area contributed by atoms with Crippen molar-refractivity contribution in [3.05, 3.63) is 32.3 Å². The summed E-state index contributed by atoms with van der Waals surface area (Å²) in [4.78, 5) is 21.6. The second kappa shape index (κ2) is 6.02. The van der Waals surface area contributed by atoms with Crippen LogP contribution < -0.4 is 4.74 Å². The molecule has 1 aromatic carbocycles. The number of rotatable bonds is 5. The minimum absolute atomic E-state index is 0.0604. The van der Waals surface area contributed by atoms with Crippen molar-refractivity contribution in [3.63, 3.8) is 0 Å². The highest BCUT2D eigenvalue weighted by Gasteiger charge is 2.22. The molecular formula is C11H11Cl2NO4. The fourth-order valence-corrected chi connectivity index (χ4v) is 1.61. The van der Waals surface area contributed by atoms with Crippen LogP contribution in [-0.2, 0) is 4.79 Å². The zero-order valence-corrected chi connectivity index (χ0v) is 11.3. The average molecular weight is 292 g/mol. The van der Waals surface area contributed by atoms with Crippen LogP contribution in [0.5, 0.6) is 5.75 Å². The molecule has 1 atom stereocenters. The third-order valence-electron chi connectivity index (χ3n) is 2.30. The molecule has 0 fully saturated rings. The fourth-order valence-electron chi connectivity index (χ4n) is 1.30. The van der Waals surface area contributed by atoms with Gasteiger partial charge in [0.25, 0.3) is 0 Å². The molecule has 0 aromatic heterocycles. The molecule has 0 amide bonds. The van der Waals surface area contributed by atoms with Crippen molar-refractivity contribution in [1.82, 2.24) is 0 Å². The maximum atomic E-state index is 11.4. The molecule has 0 heterocycles. The number of ketones is 1. The summed E-state index contributed by atoms with van der Waals surface area (Å²) >= 11 is 11.5. The smallest absolute Gasteiger partial charge is 0.312 e. The van der Waals surface area contributed by atoms with Crippen LogP contribution in [0.25, 0.3) is 0 Å². The number of Topliss-reactive ketones (excluding diaryl/α,β-unsaturated/α-hetero) is 1. The molecule has 0 saturated carbocycles. The molecule has 0 radical (unpaired) electrons. The Hall–Kier alpha value is -1.33. The van der Waals surface area contributed by atoms with Crippen molar-refractivity contribution in [3.8, 4) is 5.75 Å². The average Bonchev–Trinajstić information content (AvgIpc) is 2.31. The number of nitrogens with zero attached hydrogens (tertiary/aromatic N) is 1. The monoisotopic (exact) mass is 291 g/mol. The second-order valence-electron chi connectivity index (χ2n) is 3.57. The molecule has 0 aliphatic heterocycles. The van der Waals surface area contributed by atoms with Gasteiger partial charge in [0.05, 0.1) is 15.0 Å². The largest absolute Gasteiger partial charge is 0.476 e. The van der Waals surface area contributed by atoms with E-state index < -0.39 is 11.0 Å². The molecule has 0 aliphatic carbocycles. The standard InChI is InChI=1S/C11H11Cl2NO4/c1-3-10(15)6(2)18-11-5-8(13)7(12)4-9(11)14(16)17/h4-6H,3H2,1-2H3. The molecule has 7 heteroatoms. The summed E-state index contributed by atoms with van der Waals surface area (Å²) in [7, 11) is 0. The van der Waals surface area contributed by atoms with Gasteiger partial charge < -0.3 is 4.74 Å². The van der Waals surface area contributed by atoms with Gasteiger partial charge in [-0.05, 0) is 6.92 Å². The Labute approximate surface area is 114 Å². The lowest BCUT2D eigenvalue weighted by Crippen LogP contribution is -2.23. The molecule has 18 heavy (non-hydrogen) atoms. The number of halogens is 2. The van der Waals surface area contributed by atoms with Gasteiger partial charge in [-0.1, -0.05) is 30.1 Å². The normalized spacial score (nSPS) is 12.0. The van der Waals surface area contributed by atoms with Gasteiger partial charge >= 0.3 is 5.69 Å². The molecule has 1 aromatic rings. The molecule has 0 bridgehead atoms. The van der Waals surface area contributed by atoms with Crippen LogP contribution in [0.3, 0.4) is 0 Å². The summed E-state index contributed by atoms with van der Waals surface area (Å²) in [6.07, 6.45) is -0.484. The molecule has 0 saturated heterocycles. The third kappa shape index (κ3) is 3.34. The van der Waals surface area contributed by atoms with E-state index in [-0.39, 0.29) is 33.7 Å². The number of hydrogen-bond donors (Lipinski definition) is 0. The van der Waals surface area contributed by atoms with Crippen LogP contribution in [0.2, 0.25) is 10.0 Å². The van der Waals surface area contributed by atoms with Gasteiger partial charge in [0.2, 0.25) is 0 Å². The van der Waals surface area contributed by atoms with Crippen molar-refractivity contribution >= 4 is 34.7 Å². The maximum absolute atomic E-state index is 11.4. The van der Waals surface area contributed by atoms with E-state index in [0.717, 1.165) is 6.07 Å². The van der Waals surface area contributed by atoms with E-state index in [2.05, 4.69) is 0 Å². The van der Waals surface area contributed by atoms with Gasteiger partial charge in [0.1, 0.15) is 0 Å². The topological polar surface area (TPSA) is 69.4 Å². The predicted octanol–water partition coefficient (Wildman–Crippen LogP) is 3.65. The molecule has 1 unspecified atom stereocenters. The number of nitro benzene ring substituents is 1. The van der Waals surface area contributed by atoms with Gasteiger partial charge in [0, 0.05) is 18.6 Å². The zero-order chi connectivity index (χ0) is 13.9. The highest BCUT2D eigenvalue weighted by molar-refractivity contribution is 6.42. The molecule has 98 valence electrons. The van der Waals surface area contributed by atoms with Crippen molar-refractivity contribution < 1.29 is 14.5 Å². The van der Waals surface area contributed by atoms with Crippen LogP contribution in [0.15, 0.2) is 12.1 Å². The Morgan fingerprint density at radius 3 is 2.50 bits per heavy atom. The van der Waals surface area contributed by atoms with Crippen LogP contribution in [0.1, 0.15) is 20.3 Å². The first kappa shape index (κ1) is 14.7. The predicted molar refractivity (Wildman–Crippen MR) is 68.5 cm³/mol. The van der Waals surface area contributed by atoms with Crippen LogP contribution in [-0.4, -0.2) is 16.8 Å². The SMILES string of the molecule is CCC(=O)C(C)Oc1cc(Cl)c(Cl)cc1[N+](=O)[O-]. The summed E-state index contributed by atoms with van der Waals surface area (Å²) in [5.41, 5.74) is -0.319. The van der Waals surface area contributed by atoms with E-state index >= 15 is 0 Å². The summed E-state index contributed by atoms with van der Waals surface area (Å²) < 4.78 is 5.26. The van der Waals surface area contributed by atoms with E-state index in [1.807, 2.05) is 0 Å². The van der Waals surface area contributed by atoms with E-state index in [0.29, 0.717) is 0 Å². The number of hydrogen-bond acceptors (Lipinski definition) is 4. The first-order chi connectivity index (χ1) is 8.36. The molecule has 0 N–H and O–H groups in total. The summed E-state index contributed by atoms with van der Waals surface area (Å²) in [5, 5.41) is 11.0. The number of carbonyl (C=O) groups excluding carboxylic acids is 1. The van der Waals surface area contributed by atoms with Gasteiger partial charge in [0.15, 0.2) is 17.6 Å². The number of nitro groups is 1. The van der Waals surface area contributed by atoms with Crippen molar-refractivity contribution in [1.29, 1.82) is 0 Å². The highest BCUT2D eigenvalue weighted by Crippen LogP contribution is 2.36. The van der Waals surface area contributed by atoms with Crippen LogP contribution >= 0.6 is 23.2 Å². The minimum atomic E-state index is -0.772. The van der Waals surface area contributed by atoms with Crippen LogP contribution in [0, 0.1) is 10.1 Å². The Morgan fingerprint density at radius 2 is 2.00 bits per heavy atom. The summed E-state index contributed by atoms with van der Waals surface area (Å²) in [6.45, 7) is 3.21. The molecule has 5 nitrogen and oxygen atoms in total. The molecular weight excluding hydrogens is 281 g/mol. The van der Waals surface area contributed by atoms with Crippen molar-refractivity contribution in [2.24, 2.45) is 0 Å². The van der Waals surface area contributed by atoms with Gasteiger partial charge in [-0.3, -0.25) is 14.9 Å². The lowest BCUT2D eigenvalue weighted by Gasteiger charge is -2.13. The Morgan fingerprint density at radius 1 is 1.44 bits per heavy atom. The number of benzene rings is 1. The van der Waals surface area contributed by atoms with E-state index in [1.54, 1.807) is 6.92 Å². The lowest BCUT2D eigenvalue weighted by molar-refractivity contribution is -0.386. The quantitative estimate of drug-likeness (QED) is 0.613. The molecule has 0 aliphatic rings. The Balaban J connectivity index is 3.11. The van der Waals surface area contributed by atoms with Crippen molar-refractivity contribution in [2.45, 2.75) is 26.4 Å². The minimum Gasteiger partial charge on any atom is -0.476 e. The Bertz CT molecular complexity index is 490. The lowest BCUT2D eigenvalue weighted by atomic mass is 10.2. The second-order valence-corrected chi connectivity index (χ2v) is 4.39. The number of ether oxygens (including phenoxy) is 1. The fraction of sp³-hybridized carbons (Fsp3) is 0.364. The van der Waals surface area contributed by atoms with E-state index in [9.17, 15) is 14.9 Å². The summed E-state index contributed by atoms with van der Waals surface area (Å²) in [6, 6.07) is 2.34. The van der Waals surface area contributed by atoms with Crippen molar-refractivity contribution in [2.75, 3.05) is 0 Å². The zero-order valence-electron chi connectivity index (χ0n) is 9.78. The van der Waals surface area contributed by atoms with Gasteiger partial charge in [-0.2, -0.15) is 0 Å². The van der Waals surface area contributed by atoms with Gasteiger partial charge in [-0.15, -0.1) is 0 Å². The van der Waals surface area contributed by atoms with Crippen LogP contribution in [0.4, 0.5) is 5.69 Å². The first-order valence-corrected chi connectivity index (χ1v) is 5.95. The molecule has 0 spiro atoms. The van der Waals surface area contributed by atoms with E-state index in [4.69, 9.17) is 27.9 Å². The maximum Gasteiger partial charge on any atom is 0.312 e. The number of carbonyl (C=O) groups is 1. The highest BCUT2D eigenvalue weighted by atomic mass is 35.5. The third-order valence-corrected chi connectivity index (χ3v) is 3.03. The molecule has 1 rings (SSSR count). The first-order valence-electron chi connectivity index (χ1n) is 5.19. The van der Waals surface area contributed by atoms with E-state index in [1.165, 1.54) is 13.0 Å². The van der Waals surface area contributed by atoms with Gasteiger partial charge in [-0.25, -0.2) is 0 Å². The summed E-state index contributed by atoms with van der Waals surface area (Å²) in [5.74, 6) is -0.223. The Kier molecular flexibility index (Phi) is 4.93.